The molecule has 0 N–H and O–H groups in total. The molecular formula is C52H30N4O2. The number of benzene rings is 8. The van der Waals surface area contributed by atoms with Crippen molar-refractivity contribution in [2.75, 3.05) is 0 Å². The fraction of sp³-hybridized carbons (Fsp3) is 0. The van der Waals surface area contributed by atoms with Crippen molar-refractivity contribution in [3.8, 4) is 56.5 Å². The SMILES string of the molecule is c1ccc(-c2nc(-c3cccc(-c4cccc5c4nc(-c4ccccc4)c4ccc6oc7ccccc7c6c45)c3)nc(-c3cccc4oc5ccccc5c34)n2)cc1. The summed E-state index contributed by atoms with van der Waals surface area (Å²) < 4.78 is 12.7. The van der Waals surface area contributed by atoms with E-state index in [1.54, 1.807) is 0 Å². The van der Waals surface area contributed by atoms with Gasteiger partial charge in [-0.15, -0.1) is 0 Å². The van der Waals surface area contributed by atoms with E-state index in [-0.39, 0.29) is 0 Å². The van der Waals surface area contributed by atoms with Crippen molar-refractivity contribution in [1.29, 1.82) is 0 Å². The molecule has 0 aliphatic rings. The Labute approximate surface area is 331 Å². The van der Waals surface area contributed by atoms with E-state index in [9.17, 15) is 0 Å². The number of furan rings is 2. The average Bonchev–Trinajstić information content (AvgIpc) is 3.88. The molecule has 0 saturated carbocycles. The fourth-order valence-electron chi connectivity index (χ4n) is 8.51. The van der Waals surface area contributed by atoms with Crippen LogP contribution in [0.4, 0.5) is 0 Å². The van der Waals surface area contributed by atoms with Gasteiger partial charge < -0.3 is 8.83 Å². The lowest BCUT2D eigenvalue weighted by Gasteiger charge is -2.15. The van der Waals surface area contributed by atoms with Gasteiger partial charge in [-0.3, -0.25) is 0 Å². The van der Waals surface area contributed by atoms with Gasteiger partial charge in [-0.2, -0.15) is 0 Å². The molecule has 0 saturated heterocycles. The highest BCUT2D eigenvalue weighted by atomic mass is 16.3. The van der Waals surface area contributed by atoms with Gasteiger partial charge in [0.2, 0.25) is 0 Å². The van der Waals surface area contributed by atoms with Crippen LogP contribution in [0.3, 0.4) is 0 Å². The van der Waals surface area contributed by atoms with Gasteiger partial charge in [-0.25, -0.2) is 19.9 Å². The number of pyridine rings is 1. The zero-order chi connectivity index (χ0) is 38.2. The third-order valence-corrected chi connectivity index (χ3v) is 11.1. The predicted octanol–water partition coefficient (Wildman–Crippen LogP) is 13.7. The van der Waals surface area contributed by atoms with E-state index in [0.717, 1.165) is 105 Å². The smallest absolute Gasteiger partial charge is 0.164 e. The number of para-hydroxylation sites is 3. The van der Waals surface area contributed by atoms with Crippen LogP contribution in [0.15, 0.2) is 191 Å². The molecule has 6 heteroatoms. The van der Waals surface area contributed by atoms with Crippen molar-refractivity contribution < 1.29 is 8.83 Å². The Morgan fingerprint density at radius 1 is 0.293 bits per heavy atom. The Morgan fingerprint density at radius 3 is 1.60 bits per heavy atom. The Bertz CT molecular complexity index is 3570. The average molecular weight is 743 g/mol. The Kier molecular flexibility index (Phi) is 7.13. The lowest BCUT2D eigenvalue weighted by molar-refractivity contribution is 0.668. The van der Waals surface area contributed by atoms with Crippen molar-refractivity contribution in [2.45, 2.75) is 0 Å². The molecule has 0 radical (unpaired) electrons. The maximum Gasteiger partial charge on any atom is 0.164 e. The molecule has 0 unspecified atom stereocenters. The predicted molar refractivity (Wildman–Crippen MR) is 234 cm³/mol. The van der Waals surface area contributed by atoms with E-state index < -0.39 is 0 Å². The molecule has 12 rings (SSSR count). The van der Waals surface area contributed by atoms with Gasteiger partial charge in [0.15, 0.2) is 17.5 Å². The highest BCUT2D eigenvalue weighted by Crippen LogP contribution is 2.43. The lowest BCUT2D eigenvalue weighted by atomic mass is 9.93. The summed E-state index contributed by atoms with van der Waals surface area (Å²) in [4.78, 5) is 20.9. The second kappa shape index (κ2) is 12.8. The van der Waals surface area contributed by atoms with Gasteiger partial charge in [0.1, 0.15) is 22.3 Å². The van der Waals surface area contributed by atoms with Crippen LogP contribution in [0.25, 0.3) is 122 Å². The minimum absolute atomic E-state index is 0.575. The number of aromatic nitrogens is 4. The molecule has 0 amide bonds. The summed E-state index contributed by atoms with van der Waals surface area (Å²) in [7, 11) is 0. The summed E-state index contributed by atoms with van der Waals surface area (Å²) in [5.74, 6) is 1.75. The molecule has 0 fully saturated rings. The van der Waals surface area contributed by atoms with Gasteiger partial charge >= 0.3 is 0 Å². The van der Waals surface area contributed by atoms with Crippen LogP contribution in [0.1, 0.15) is 0 Å². The van der Waals surface area contributed by atoms with Crippen LogP contribution >= 0.6 is 0 Å². The van der Waals surface area contributed by atoms with Gasteiger partial charge in [-0.05, 0) is 42.0 Å². The molecule has 58 heavy (non-hydrogen) atoms. The van der Waals surface area contributed by atoms with E-state index >= 15 is 0 Å². The normalized spacial score (nSPS) is 11.8. The zero-order valence-corrected chi connectivity index (χ0v) is 30.9. The van der Waals surface area contributed by atoms with Crippen LogP contribution in [-0.2, 0) is 0 Å². The van der Waals surface area contributed by atoms with Gasteiger partial charge in [0.05, 0.1) is 11.2 Å². The van der Waals surface area contributed by atoms with Crippen LogP contribution < -0.4 is 0 Å². The molecular weight excluding hydrogens is 713 g/mol. The third kappa shape index (κ3) is 5.05. The highest BCUT2D eigenvalue weighted by molar-refractivity contribution is 6.29. The monoisotopic (exact) mass is 742 g/mol. The first-order valence-electron chi connectivity index (χ1n) is 19.3. The van der Waals surface area contributed by atoms with E-state index in [4.69, 9.17) is 28.8 Å². The van der Waals surface area contributed by atoms with E-state index in [0.29, 0.717) is 17.5 Å². The third-order valence-electron chi connectivity index (χ3n) is 11.1. The van der Waals surface area contributed by atoms with Gasteiger partial charge in [0.25, 0.3) is 0 Å². The van der Waals surface area contributed by atoms with Crippen molar-refractivity contribution in [3.63, 3.8) is 0 Å². The molecule has 8 aromatic carbocycles. The first-order chi connectivity index (χ1) is 28.7. The standard InChI is InChI=1S/C52H30N4O2/c1-3-14-31(15-4-1)48-39-28-29-44-47(37-21-8-10-26-42(37)58-44)46(39)38-23-12-22-35(49(38)53-48)33-18-11-19-34(30-33)51-54-50(32-16-5-2-6-17-32)55-52(56-51)40-24-13-27-43-45(40)36-20-7-9-25-41(36)57-43/h1-30H. The first-order valence-corrected chi connectivity index (χ1v) is 19.3. The van der Waals surface area contributed by atoms with E-state index in [2.05, 4.69) is 103 Å². The number of hydrogen-bond acceptors (Lipinski definition) is 6. The largest absolute Gasteiger partial charge is 0.456 e. The number of rotatable bonds is 5. The molecule has 0 atom stereocenters. The minimum Gasteiger partial charge on any atom is -0.456 e. The molecule has 0 aliphatic carbocycles. The summed E-state index contributed by atoms with van der Waals surface area (Å²) in [6.07, 6.45) is 0. The Balaban J connectivity index is 1.10. The molecule has 4 aromatic heterocycles. The van der Waals surface area contributed by atoms with Gasteiger partial charge in [0, 0.05) is 65.5 Å². The highest BCUT2D eigenvalue weighted by Gasteiger charge is 2.21. The molecule has 6 nitrogen and oxygen atoms in total. The summed E-state index contributed by atoms with van der Waals surface area (Å²) in [5, 5.41) is 7.44. The molecule has 0 spiro atoms. The number of nitrogens with zero attached hydrogens (tertiary/aromatic N) is 4. The Morgan fingerprint density at radius 2 is 0.828 bits per heavy atom. The second-order valence-corrected chi connectivity index (χ2v) is 14.5. The number of fused-ring (bicyclic) bond motifs is 10. The summed E-state index contributed by atoms with van der Waals surface area (Å²) in [6, 6.07) is 62.0. The van der Waals surface area contributed by atoms with Crippen LogP contribution in [-0.4, -0.2) is 19.9 Å². The van der Waals surface area contributed by atoms with E-state index in [1.165, 1.54) is 0 Å². The van der Waals surface area contributed by atoms with Gasteiger partial charge in [-0.1, -0.05) is 146 Å². The van der Waals surface area contributed by atoms with E-state index in [1.807, 2.05) is 78.9 Å². The fourth-order valence-corrected chi connectivity index (χ4v) is 8.51. The van der Waals surface area contributed by atoms with Crippen molar-refractivity contribution in [3.05, 3.63) is 182 Å². The summed E-state index contributed by atoms with van der Waals surface area (Å²) >= 11 is 0. The first kappa shape index (κ1) is 32.3. The van der Waals surface area contributed by atoms with Crippen LogP contribution in [0.2, 0.25) is 0 Å². The van der Waals surface area contributed by atoms with Crippen molar-refractivity contribution >= 4 is 65.6 Å². The molecule has 0 aliphatic heterocycles. The van der Waals surface area contributed by atoms with Crippen molar-refractivity contribution in [1.82, 2.24) is 19.9 Å². The maximum absolute atomic E-state index is 6.41. The summed E-state index contributed by atoms with van der Waals surface area (Å²) in [6.45, 7) is 0. The maximum atomic E-state index is 6.41. The van der Waals surface area contributed by atoms with Crippen LogP contribution in [0, 0.1) is 0 Å². The number of hydrogen-bond donors (Lipinski definition) is 0. The van der Waals surface area contributed by atoms with Crippen LogP contribution in [0.5, 0.6) is 0 Å². The molecule has 270 valence electrons. The molecule has 0 bridgehead atoms. The molecule has 4 heterocycles. The molecule has 12 aromatic rings. The zero-order valence-electron chi connectivity index (χ0n) is 30.9. The Hall–Kier alpha value is -7.96. The summed E-state index contributed by atoms with van der Waals surface area (Å²) in [5.41, 5.74) is 10.9. The minimum atomic E-state index is 0.575. The topological polar surface area (TPSA) is 77.8 Å². The van der Waals surface area contributed by atoms with Crippen molar-refractivity contribution in [2.24, 2.45) is 0 Å². The lowest BCUT2D eigenvalue weighted by Crippen LogP contribution is -2.00. The quantitative estimate of drug-likeness (QED) is 0.163. The second-order valence-electron chi connectivity index (χ2n) is 14.5.